The van der Waals surface area contributed by atoms with Crippen molar-refractivity contribution in [2.24, 2.45) is 0 Å². The Bertz CT molecular complexity index is 443. The maximum atomic E-state index is 12.1. The Morgan fingerprint density at radius 2 is 2.11 bits per heavy atom. The Hall–Kier alpha value is -0.770. The summed E-state index contributed by atoms with van der Waals surface area (Å²) in [6.45, 7) is 3.52. The summed E-state index contributed by atoms with van der Waals surface area (Å²) in [5, 5.41) is 4.55. The van der Waals surface area contributed by atoms with Gasteiger partial charge < -0.3 is 10.2 Å². The number of rotatable bonds is 3. The van der Waals surface area contributed by atoms with E-state index in [1.807, 2.05) is 17.0 Å². The Balaban J connectivity index is 1.88. The van der Waals surface area contributed by atoms with Crippen LogP contribution in [0, 0.1) is 0 Å². The zero-order chi connectivity index (χ0) is 13.7. The first-order valence-electron chi connectivity index (χ1n) is 6.59. The summed E-state index contributed by atoms with van der Waals surface area (Å²) < 4.78 is 0. The molecule has 1 aliphatic rings. The van der Waals surface area contributed by atoms with Crippen LogP contribution >= 0.6 is 23.2 Å². The number of nitrogens with one attached hydrogen (secondary N) is 1. The third-order valence-electron chi connectivity index (χ3n) is 3.32. The van der Waals surface area contributed by atoms with Crippen molar-refractivity contribution in [1.29, 1.82) is 0 Å². The molecular formula is C14H18Cl2N2O. The lowest BCUT2D eigenvalue weighted by atomic mass is 10.1. The third kappa shape index (κ3) is 4.37. The van der Waals surface area contributed by atoms with Gasteiger partial charge in [-0.05, 0) is 37.1 Å². The smallest absolute Gasteiger partial charge is 0.222 e. The lowest BCUT2D eigenvalue weighted by molar-refractivity contribution is -0.130. The molecule has 1 saturated heterocycles. The van der Waals surface area contributed by atoms with E-state index < -0.39 is 0 Å². The maximum Gasteiger partial charge on any atom is 0.222 e. The molecule has 0 aromatic heterocycles. The van der Waals surface area contributed by atoms with Gasteiger partial charge in [0.2, 0.25) is 5.91 Å². The predicted molar refractivity (Wildman–Crippen MR) is 78.8 cm³/mol. The number of carbonyl (C=O) groups is 1. The minimum Gasteiger partial charge on any atom is -0.341 e. The molecule has 1 aliphatic heterocycles. The van der Waals surface area contributed by atoms with E-state index in [1.54, 1.807) is 6.07 Å². The molecule has 0 bridgehead atoms. The van der Waals surface area contributed by atoms with E-state index in [9.17, 15) is 4.79 Å². The van der Waals surface area contributed by atoms with E-state index in [1.165, 1.54) is 0 Å². The molecule has 1 aromatic carbocycles. The van der Waals surface area contributed by atoms with Gasteiger partial charge in [-0.25, -0.2) is 0 Å². The van der Waals surface area contributed by atoms with Crippen molar-refractivity contribution in [3.05, 3.63) is 33.8 Å². The van der Waals surface area contributed by atoms with Crippen LogP contribution in [-0.2, 0) is 11.2 Å². The number of hydrogen-bond donors (Lipinski definition) is 1. The molecule has 0 atom stereocenters. The fraction of sp³-hybridized carbons (Fsp3) is 0.500. The number of carbonyl (C=O) groups excluding carboxylic acids is 1. The van der Waals surface area contributed by atoms with Gasteiger partial charge in [-0.3, -0.25) is 4.79 Å². The van der Waals surface area contributed by atoms with Gasteiger partial charge in [0.1, 0.15) is 0 Å². The molecule has 1 amide bonds. The second-order valence-electron chi connectivity index (χ2n) is 4.72. The zero-order valence-corrected chi connectivity index (χ0v) is 12.3. The molecule has 2 rings (SSSR count). The molecule has 0 spiro atoms. The highest BCUT2D eigenvalue weighted by molar-refractivity contribution is 6.35. The topological polar surface area (TPSA) is 32.3 Å². The van der Waals surface area contributed by atoms with Crippen LogP contribution in [-0.4, -0.2) is 37.0 Å². The molecular weight excluding hydrogens is 283 g/mol. The monoisotopic (exact) mass is 300 g/mol. The van der Waals surface area contributed by atoms with E-state index in [2.05, 4.69) is 5.32 Å². The molecule has 1 fully saturated rings. The van der Waals surface area contributed by atoms with Crippen molar-refractivity contribution in [2.45, 2.75) is 19.3 Å². The highest BCUT2D eigenvalue weighted by Crippen LogP contribution is 2.22. The molecule has 1 heterocycles. The summed E-state index contributed by atoms with van der Waals surface area (Å²) in [4.78, 5) is 14.1. The number of halogens is 2. The zero-order valence-electron chi connectivity index (χ0n) is 10.8. The van der Waals surface area contributed by atoms with Crippen LogP contribution in [0.15, 0.2) is 18.2 Å². The largest absolute Gasteiger partial charge is 0.341 e. The van der Waals surface area contributed by atoms with Crippen LogP contribution in [0.5, 0.6) is 0 Å². The average molecular weight is 301 g/mol. The quantitative estimate of drug-likeness (QED) is 0.931. The van der Waals surface area contributed by atoms with Crippen LogP contribution in [0.1, 0.15) is 18.4 Å². The van der Waals surface area contributed by atoms with E-state index >= 15 is 0 Å². The molecule has 0 radical (unpaired) electrons. The van der Waals surface area contributed by atoms with Crippen molar-refractivity contribution >= 4 is 29.1 Å². The Kier molecular flexibility index (Phi) is 5.49. The third-order valence-corrected chi connectivity index (χ3v) is 3.90. The molecule has 0 saturated carbocycles. The van der Waals surface area contributed by atoms with Crippen LogP contribution < -0.4 is 5.32 Å². The molecule has 3 nitrogen and oxygen atoms in total. The van der Waals surface area contributed by atoms with Gasteiger partial charge in [0.15, 0.2) is 0 Å². The normalized spacial score (nSPS) is 16.2. The highest BCUT2D eigenvalue weighted by Gasteiger charge is 2.15. The van der Waals surface area contributed by atoms with Gasteiger partial charge in [-0.2, -0.15) is 0 Å². The second kappa shape index (κ2) is 7.13. The lowest BCUT2D eigenvalue weighted by Crippen LogP contribution is -2.34. The van der Waals surface area contributed by atoms with E-state index in [-0.39, 0.29) is 5.91 Å². The van der Waals surface area contributed by atoms with Crippen molar-refractivity contribution in [1.82, 2.24) is 10.2 Å². The number of hydrogen-bond acceptors (Lipinski definition) is 2. The minimum absolute atomic E-state index is 0.203. The standard InChI is InChI=1S/C14H18Cl2N2O/c15-12-4-2-11(13(16)10-12)3-5-14(19)18-8-1-6-17-7-9-18/h2,4,10,17H,1,3,5-9H2. The maximum absolute atomic E-state index is 12.1. The first-order chi connectivity index (χ1) is 9.16. The molecule has 0 aliphatic carbocycles. The van der Waals surface area contributed by atoms with Gasteiger partial charge in [0.05, 0.1) is 0 Å². The van der Waals surface area contributed by atoms with Gasteiger partial charge in [-0.15, -0.1) is 0 Å². The number of benzene rings is 1. The molecule has 1 N–H and O–H groups in total. The average Bonchev–Trinajstić information content (AvgIpc) is 2.66. The summed E-state index contributed by atoms with van der Waals surface area (Å²) in [5.41, 5.74) is 0.979. The van der Waals surface area contributed by atoms with E-state index in [4.69, 9.17) is 23.2 Å². The summed E-state index contributed by atoms with van der Waals surface area (Å²) in [5.74, 6) is 0.203. The van der Waals surface area contributed by atoms with Crippen molar-refractivity contribution in [2.75, 3.05) is 26.2 Å². The molecule has 1 aromatic rings. The van der Waals surface area contributed by atoms with Gasteiger partial charge in [-0.1, -0.05) is 29.3 Å². The summed E-state index contributed by atoms with van der Waals surface area (Å²) in [7, 11) is 0. The van der Waals surface area contributed by atoms with E-state index in [0.29, 0.717) is 22.9 Å². The Morgan fingerprint density at radius 1 is 1.26 bits per heavy atom. The molecule has 19 heavy (non-hydrogen) atoms. The van der Waals surface area contributed by atoms with Crippen LogP contribution in [0.2, 0.25) is 10.0 Å². The summed E-state index contributed by atoms with van der Waals surface area (Å²) in [6, 6.07) is 5.42. The molecule has 5 heteroatoms. The van der Waals surface area contributed by atoms with Crippen LogP contribution in [0.3, 0.4) is 0 Å². The number of amides is 1. The summed E-state index contributed by atoms with van der Waals surface area (Å²) >= 11 is 12.0. The van der Waals surface area contributed by atoms with Gasteiger partial charge in [0.25, 0.3) is 0 Å². The van der Waals surface area contributed by atoms with E-state index in [0.717, 1.165) is 38.2 Å². The first-order valence-corrected chi connectivity index (χ1v) is 7.35. The Morgan fingerprint density at radius 3 is 2.89 bits per heavy atom. The fourth-order valence-corrected chi connectivity index (χ4v) is 2.72. The second-order valence-corrected chi connectivity index (χ2v) is 5.56. The van der Waals surface area contributed by atoms with Crippen molar-refractivity contribution in [3.8, 4) is 0 Å². The minimum atomic E-state index is 0.203. The van der Waals surface area contributed by atoms with Crippen molar-refractivity contribution in [3.63, 3.8) is 0 Å². The van der Waals surface area contributed by atoms with Gasteiger partial charge >= 0.3 is 0 Å². The highest BCUT2D eigenvalue weighted by atomic mass is 35.5. The molecule has 104 valence electrons. The Labute approximate surface area is 123 Å². The molecule has 0 unspecified atom stereocenters. The van der Waals surface area contributed by atoms with Crippen LogP contribution in [0.25, 0.3) is 0 Å². The SMILES string of the molecule is O=C(CCc1ccc(Cl)cc1Cl)N1CCCNCC1. The number of aryl methyl sites for hydroxylation is 1. The summed E-state index contributed by atoms with van der Waals surface area (Å²) in [6.07, 6.45) is 2.19. The van der Waals surface area contributed by atoms with Crippen molar-refractivity contribution < 1.29 is 4.79 Å². The predicted octanol–water partition coefficient (Wildman–Crippen LogP) is 2.75. The fourth-order valence-electron chi connectivity index (χ4n) is 2.22. The van der Waals surface area contributed by atoms with Crippen LogP contribution in [0.4, 0.5) is 0 Å². The van der Waals surface area contributed by atoms with Gasteiger partial charge in [0, 0.05) is 36.1 Å². The lowest BCUT2D eigenvalue weighted by Gasteiger charge is -2.20. The first kappa shape index (κ1) is 14.6. The number of nitrogens with zero attached hydrogens (tertiary/aromatic N) is 1.